The molecule has 0 spiro atoms. The summed E-state index contributed by atoms with van der Waals surface area (Å²) < 4.78 is 13.8. The van der Waals surface area contributed by atoms with E-state index >= 15 is 0 Å². The van der Waals surface area contributed by atoms with Gasteiger partial charge in [0, 0.05) is 13.1 Å². The van der Waals surface area contributed by atoms with Crippen LogP contribution in [0.2, 0.25) is 0 Å². The molecule has 0 aromatic heterocycles. The lowest BCUT2D eigenvalue weighted by Gasteiger charge is -2.26. The minimum Gasteiger partial charge on any atom is -0.308 e. The Hall–Kier alpha value is -1.46. The van der Waals surface area contributed by atoms with E-state index in [0.717, 1.165) is 13.0 Å². The fraction of sp³-hybridized carbons (Fsp3) is 0.500. The SMILES string of the molecule is CN(C)CC1NCCCN(c2ccccc2F)C1=O. The number of likely N-dealkylation sites (N-methyl/N-ethyl adjacent to an activating group) is 1. The van der Waals surface area contributed by atoms with Gasteiger partial charge >= 0.3 is 0 Å². The Kier molecular flexibility index (Phi) is 4.50. The molecule has 0 bridgehead atoms. The van der Waals surface area contributed by atoms with Gasteiger partial charge in [0.05, 0.1) is 5.69 Å². The molecule has 1 fully saturated rings. The van der Waals surface area contributed by atoms with Crippen LogP contribution in [0.1, 0.15) is 6.42 Å². The average Bonchev–Trinajstić information content (AvgIpc) is 2.53. The van der Waals surface area contributed by atoms with E-state index in [-0.39, 0.29) is 17.8 Å². The molecule has 1 saturated heterocycles. The molecule has 1 aromatic carbocycles. The first kappa shape index (κ1) is 14.0. The van der Waals surface area contributed by atoms with E-state index in [2.05, 4.69) is 5.32 Å². The van der Waals surface area contributed by atoms with Gasteiger partial charge < -0.3 is 15.1 Å². The Labute approximate surface area is 113 Å². The second-order valence-electron chi connectivity index (χ2n) is 5.06. The summed E-state index contributed by atoms with van der Waals surface area (Å²) in [4.78, 5) is 16.0. The van der Waals surface area contributed by atoms with Crippen molar-refractivity contribution >= 4 is 11.6 Å². The van der Waals surface area contributed by atoms with E-state index in [9.17, 15) is 9.18 Å². The highest BCUT2D eigenvalue weighted by Crippen LogP contribution is 2.21. The standard InChI is InChI=1S/C14H20FN3O/c1-17(2)10-12-14(19)18(9-5-8-16-12)13-7-4-3-6-11(13)15/h3-4,6-7,12,16H,5,8-10H2,1-2H3. The van der Waals surface area contributed by atoms with Crippen molar-refractivity contribution in [3.8, 4) is 0 Å². The Bertz CT molecular complexity index is 450. The highest BCUT2D eigenvalue weighted by molar-refractivity contribution is 5.97. The predicted molar refractivity (Wildman–Crippen MR) is 73.7 cm³/mol. The van der Waals surface area contributed by atoms with Gasteiger partial charge in [0.25, 0.3) is 0 Å². The first-order valence-corrected chi connectivity index (χ1v) is 6.53. The largest absolute Gasteiger partial charge is 0.308 e. The number of para-hydroxylation sites is 1. The van der Waals surface area contributed by atoms with Crippen LogP contribution in [-0.2, 0) is 4.79 Å². The van der Waals surface area contributed by atoms with Gasteiger partial charge in [0.15, 0.2) is 0 Å². The lowest BCUT2D eigenvalue weighted by molar-refractivity contribution is -0.120. The lowest BCUT2D eigenvalue weighted by Crippen LogP contribution is -2.49. The number of carbonyl (C=O) groups excluding carboxylic acids is 1. The van der Waals surface area contributed by atoms with Gasteiger partial charge in [-0.1, -0.05) is 12.1 Å². The summed E-state index contributed by atoms with van der Waals surface area (Å²) in [6.45, 7) is 1.94. The number of hydrogen-bond acceptors (Lipinski definition) is 3. The van der Waals surface area contributed by atoms with Crippen molar-refractivity contribution in [3.63, 3.8) is 0 Å². The Morgan fingerprint density at radius 2 is 2.16 bits per heavy atom. The van der Waals surface area contributed by atoms with E-state index in [0.29, 0.717) is 18.8 Å². The molecule has 1 N–H and O–H groups in total. The topological polar surface area (TPSA) is 35.6 Å². The van der Waals surface area contributed by atoms with Crippen LogP contribution >= 0.6 is 0 Å². The van der Waals surface area contributed by atoms with Gasteiger partial charge in [-0.15, -0.1) is 0 Å². The zero-order valence-electron chi connectivity index (χ0n) is 11.4. The van der Waals surface area contributed by atoms with Gasteiger partial charge in [-0.3, -0.25) is 4.79 Å². The van der Waals surface area contributed by atoms with Crippen LogP contribution in [-0.4, -0.2) is 50.6 Å². The van der Waals surface area contributed by atoms with Crippen molar-refractivity contribution in [2.24, 2.45) is 0 Å². The summed E-state index contributed by atoms with van der Waals surface area (Å²) >= 11 is 0. The monoisotopic (exact) mass is 265 g/mol. The molecule has 0 aliphatic carbocycles. The van der Waals surface area contributed by atoms with Crippen molar-refractivity contribution in [2.75, 3.05) is 38.6 Å². The molecule has 1 unspecified atom stereocenters. The average molecular weight is 265 g/mol. The number of nitrogens with zero attached hydrogens (tertiary/aromatic N) is 2. The van der Waals surface area contributed by atoms with Crippen molar-refractivity contribution in [2.45, 2.75) is 12.5 Å². The van der Waals surface area contributed by atoms with Gasteiger partial charge in [-0.05, 0) is 39.2 Å². The van der Waals surface area contributed by atoms with Crippen LogP contribution in [0.5, 0.6) is 0 Å². The van der Waals surface area contributed by atoms with Crippen LogP contribution in [0.15, 0.2) is 24.3 Å². The zero-order valence-corrected chi connectivity index (χ0v) is 11.4. The first-order valence-electron chi connectivity index (χ1n) is 6.53. The molecule has 1 aliphatic rings. The van der Waals surface area contributed by atoms with E-state index in [1.165, 1.54) is 6.07 Å². The summed E-state index contributed by atoms with van der Waals surface area (Å²) in [5.74, 6) is -0.405. The molecule has 19 heavy (non-hydrogen) atoms. The van der Waals surface area contributed by atoms with Gasteiger partial charge in [-0.25, -0.2) is 4.39 Å². The summed E-state index contributed by atoms with van der Waals surface area (Å²) in [7, 11) is 3.85. The summed E-state index contributed by atoms with van der Waals surface area (Å²) in [6, 6.07) is 6.16. The smallest absolute Gasteiger partial charge is 0.245 e. The Morgan fingerprint density at radius 1 is 1.42 bits per heavy atom. The summed E-state index contributed by atoms with van der Waals surface area (Å²) in [6.07, 6.45) is 0.823. The second kappa shape index (κ2) is 6.12. The normalized spacial score (nSPS) is 20.7. The highest BCUT2D eigenvalue weighted by Gasteiger charge is 2.29. The predicted octanol–water partition coefficient (Wildman–Crippen LogP) is 1.08. The second-order valence-corrected chi connectivity index (χ2v) is 5.06. The number of rotatable bonds is 3. The van der Waals surface area contributed by atoms with Crippen LogP contribution in [0.25, 0.3) is 0 Å². The molecule has 0 radical (unpaired) electrons. The van der Waals surface area contributed by atoms with Gasteiger partial charge in [0.1, 0.15) is 11.9 Å². The molecule has 1 aliphatic heterocycles. The number of anilines is 1. The molecule has 1 amide bonds. The Balaban J connectivity index is 2.24. The molecular formula is C14H20FN3O. The number of carbonyl (C=O) groups is 1. The maximum absolute atomic E-state index is 13.8. The van der Waals surface area contributed by atoms with E-state index < -0.39 is 0 Å². The van der Waals surface area contributed by atoms with E-state index in [4.69, 9.17) is 0 Å². The van der Waals surface area contributed by atoms with Crippen LogP contribution in [0.3, 0.4) is 0 Å². The van der Waals surface area contributed by atoms with Gasteiger partial charge in [-0.2, -0.15) is 0 Å². The molecule has 4 nitrogen and oxygen atoms in total. The molecular weight excluding hydrogens is 245 g/mol. The lowest BCUT2D eigenvalue weighted by atomic mass is 10.2. The van der Waals surface area contributed by atoms with Gasteiger partial charge in [0.2, 0.25) is 5.91 Å². The van der Waals surface area contributed by atoms with Crippen molar-refractivity contribution in [3.05, 3.63) is 30.1 Å². The van der Waals surface area contributed by atoms with E-state index in [1.807, 2.05) is 19.0 Å². The Morgan fingerprint density at radius 3 is 2.84 bits per heavy atom. The zero-order chi connectivity index (χ0) is 13.8. The minimum atomic E-state index is -0.346. The molecule has 104 valence electrons. The third kappa shape index (κ3) is 3.30. The fourth-order valence-electron chi connectivity index (χ4n) is 2.32. The maximum Gasteiger partial charge on any atom is 0.245 e. The molecule has 1 aromatic rings. The third-order valence-electron chi connectivity index (χ3n) is 3.20. The summed E-state index contributed by atoms with van der Waals surface area (Å²) in [5.41, 5.74) is 0.375. The van der Waals surface area contributed by atoms with Crippen molar-refractivity contribution in [1.82, 2.24) is 10.2 Å². The van der Waals surface area contributed by atoms with Crippen LogP contribution in [0, 0.1) is 5.82 Å². The quantitative estimate of drug-likeness (QED) is 0.888. The number of nitrogens with one attached hydrogen (secondary N) is 1. The number of hydrogen-bond donors (Lipinski definition) is 1. The molecule has 0 saturated carbocycles. The molecule has 1 heterocycles. The van der Waals surface area contributed by atoms with Crippen molar-refractivity contribution < 1.29 is 9.18 Å². The molecule has 2 rings (SSSR count). The molecule has 5 heteroatoms. The highest BCUT2D eigenvalue weighted by atomic mass is 19.1. The van der Waals surface area contributed by atoms with Crippen LogP contribution < -0.4 is 10.2 Å². The van der Waals surface area contributed by atoms with E-state index in [1.54, 1.807) is 23.1 Å². The number of halogens is 1. The first-order chi connectivity index (χ1) is 9.09. The number of benzene rings is 1. The fourth-order valence-corrected chi connectivity index (χ4v) is 2.32. The number of amides is 1. The molecule has 1 atom stereocenters. The van der Waals surface area contributed by atoms with Crippen LogP contribution in [0.4, 0.5) is 10.1 Å². The minimum absolute atomic E-state index is 0.0590. The van der Waals surface area contributed by atoms with Crippen molar-refractivity contribution in [1.29, 1.82) is 0 Å². The summed E-state index contributed by atoms with van der Waals surface area (Å²) in [5, 5.41) is 3.23. The third-order valence-corrected chi connectivity index (χ3v) is 3.20. The maximum atomic E-state index is 13.8.